The van der Waals surface area contributed by atoms with E-state index in [9.17, 15) is 9.59 Å². The Morgan fingerprint density at radius 3 is 2.36 bits per heavy atom. The van der Waals surface area contributed by atoms with Crippen LogP contribution in [0.3, 0.4) is 0 Å². The standard InChI is InChI=1S/C10H16O4/c1-4-6-8(9(11)12)10(13)14-7(3)5-2/h6-7H,4-5H2,1-3H3,(H,11,12). The molecule has 1 atom stereocenters. The third-order valence-electron chi connectivity index (χ3n) is 1.74. The van der Waals surface area contributed by atoms with Gasteiger partial charge in [0.25, 0.3) is 0 Å². The quantitative estimate of drug-likeness (QED) is 0.318. The third-order valence-corrected chi connectivity index (χ3v) is 1.74. The van der Waals surface area contributed by atoms with E-state index >= 15 is 0 Å². The molecule has 0 aromatic rings. The van der Waals surface area contributed by atoms with Crippen LogP contribution in [0.5, 0.6) is 0 Å². The second kappa shape index (κ2) is 6.18. The average Bonchev–Trinajstić information content (AvgIpc) is 2.13. The second-order valence-corrected chi connectivity index (χ2v) is 2.96. The van der Waals surface area contributed by atoms with Crippen molar-refractivity contribution in [2.45, 2.75) is 39.7 Å². The summed E-state index contributed by atoms with van der Waals surface area (Å²) in [5, 5.41) is 8.69. The van der Waals surface area contributed by atoms with Crippen molar-refractivity contribution in [3.8, 4) is 0 Å². The Morgan fingerprint density at radius 2 is 2.00 bits per heavy atom. The molecular weight excluding hydrogens is 184 g/mol. The van der Waals surface area contributed by atoms with Gasteiger partial charge in [-0.15, -0.1) is 0 Å². The zero-order valence-corrected chi connectivity index (χ0v) is 8.74. The topological polar surface area (TPSA) is 63.6 Å². The maximum atomic E-state index is 11.3. The van der Waals surface area contributed by atoms with Gasteiger partial charge < -0.3 is 9.84 Å². The molecule has 0 saturated carbocycles. The number of allylic oxidation sites excluding steroid dienone is 1. The molecule has 4 heteroatoms. The molecule has 0 rings (SSSR count). The summed E-state index contributed by atoms with van der Waals surface area (Å²) < 4.78 is 4.89. The summed E-state index contributed by atoms with van der Waals surface area (Å²) >= 11 is 0. The smallest absolute Gasteiger partial charge is 0.345 e. The molecule has 1 N–H and O–H groups in total. The number of hydrogen-bond donors (Lipinski definition) is 1. The molecule has 80 valence electrons. The van der Waals surface area contributed by atoms with Crippen molar-refractivity contribution >= 4 is 11.9 Å². The highest BCUT2D eigenvalue weighted by molar-refractivity contribution is 6.13. The monoisotopic (exact) mass is 200 g/mol. The van der Waals surface area contributed by atoms with Crippen LogP contribution in [-0.2, 0) is 14.3 Å². The summed E-state index contributed by atoms with van der Waals surface area (Å²) in [5.41, 5.74) is -0.284. The van der Waals surface area contributed by atoms with E-state index in [4.69, 9.17) is 9.84 Å². The van der Waals surface area contributed by atoms with Crippen molar-refractivity contribution in [2.24, 2.45) is 0 Å². The maximum Gasteiger partial charge on any atom is 0.345 e. The van der Waals surface area contributed by atoms with Crippen LogP contribution < -0.4 is 0 Å². The molecule has 0 radical (unpaired) electrons. The van der Waals surface area contributed by atoms with Crippen LogP contribution in [0.2, 0.25) is 0 Å². The number of hydrogen-bond acceptors (Lipinski definition) is 3. The van der Waals surface area contributed by atoms with Crippen molar-refractivity contribution < 1.29 is 19.4 Å². The van der Waals surface area contributed by atoms with Gasteiger partial charge in [-0.3, -0.25) is 0 Å². The highest BCUT2D eigenvalue weighted by Crippen LogP contribution is 2.05. The minimum absolute atomic E-state index is 0.248. The van der Waals surface area contributed by atoms with Crippen LogP contribution in [0.25, 0.3) is 0 Å². The predicted molar refractivity (Wildman–Crippen MR) is 51.9 cm³/mol. The fourth-order valence-electron chi connectivity index (χ4n) is 0.792. The van der Waals surface area contributed by atoms with Gasteiger partial charge in [0.1, 0.15) is 5.57 Å². The largest absolute Gasteiger partial charge is 0.477 e. The van der Waals surface area contributed by atoms with Gasteiger partial charge in [0.2, 0.25) is 0 Å². The second-order valence-electron chi connectivity index (χ2n) is 2.96. The number of carbonyl (C=O) groups excluding carboxylic acids is 1. The molecule has 0 heterocycles. The Hall–Kier alpha value is -1.32. The molecule has 0 spiro atoms. The van der Waals surface area contributed by atoms with E-state index in [1.165, 1.54) is 6.08 Å². The summed E-state index contributed by atoms with van der Waals surface area (Å²) in [6.07, 6.45) is 2.27. The van der Waals surface area contributed by atoms with Crippen LogP contribution in [0, 0.1) is 0 Å². The molecule has 0 saturated heterocycles. The van der Waals surface area contributed by atoms with E-state index < -0.39 is 11.9 Å². The number of carboxylic acids is 1. The van der Waals surface area contributed by atoms with E-state index in [1.54, 1.807) is 13.8 Å². The van der Waals surface area contributed by atoms with Gasteiger partial charge in [0.15, 0.2) is 0 Å². The Labute approximate surface area is 83.6 Å². The molecule has 0 amide bonds. The normalized spacial score (nSPS) is 13.5. The van der Waals surface area contributed by atoms with E-state index in [1.807, 2.05) is 6.92 Å². The van der Waals surface area contributed by atoms with E-state index in [0.717, 1.165) is 0 Å². The summed E-state index contributed by atoms with van der Waals surface area (Å²) in [6.45, 7) is 5.35. The lowest BCUT2D eigenvalue weighted by Gasteiger charge is -2.10. The van der Waals surface area contributed by atoms with E-state index in [-0.39, 0.29) is 11.7 Å². The molecule has 0 bridgehead atoms. The van der Waals surface area contributed by atoms with Crippen LogP contribution in [0.4, 0.5) is 0 Å². The highest BCUT2D eigenvalue weighted by atomic mass is 16.5. The van der Waals surface area contributed by atoms with Crippen molar-refractivity contribution in [1.29, 1.82) is 0 Å². The first kappa shape index (κ1) is 12.7. The fourth-order valence-corrected chi connectivity index (χ4v) is 0.792. The van der Waals surface area contributed by atoms with Gasteiger partial charge in [-0.2, -0.15) is 0 Å². The minimum Gasteiger partial charge on any atom is -0.477 e. The average molecular weight is 200 g/mol. The van der Waals surface area contributed by atoms with Gasteiger partial charge in [-0.05, 0) is 19.8 Å². The minimum atomic E-state index is -1.24. The molecule has 0 aliphatic carbocycles. The summed E-state index contributed by atoms with van der Waals surface area (Å²) in [5.74, 6) is -1.99. The van der Waals surface area contributed by atoms with Crippen molar-refractivity contribution in [3.63, 3.8) is 0 Å². The number of esters is 1. The van der Waals surface area contributed by atoms with Gasteiger partial charge in [-0.25, -0.2) is 9.59 Å². The molecule has 0 aromatic carbocycles. The Bertz CT molecular complexity index is 243. The molecule has 0 fully saturated rings. The van der Waals surface area contributed by atoms with Gasteiger partial charge in [-0.1, -0.05) is 19.9 Å². The molecule has 0 aliphatic rings. The zero-order valence-electron chi connectivity index (χ0n) is 8.74. The predicted octanol–water partition coefficient (Wildman–Crippen LogP) is 1.75. The molecular formula is C10H16O4. The Balaban J connectivity index is 4.46. The van der Waals surface area contributed by atoms with Gasteiger partial charge >= 0.3 is 11.9 Å². The third kappa shape index (κ3) is 4.07. The van der Waals surface area contributed by atoms with Crippen LogP contribution in [0.1, 0.15) is 33.6 Å². The lowest BCUT2D eigenvalue weighted by atomic mass is 10.2. The van der Waals surface area contributed by atoms with E-state index in [2.05, 4.69) is 0 Å². The number of carboxylic acid groups (broad SMARTS) is 1. The van der Waals surface area contributed by atoms with Crippen LogP contribution in [-0.4, -0.2) is 23.1 Å². The lowest BCUT2D eigenvalue weighted by Crippen LogP contribution is -2.20. The molecule has 0 aliphatic heterocycles. The number of aliphatic carboxylic acids is 1. The Morgan fingerprint density at radius 1 is 1.43 bits per heavy atom. The Kier molecular flexibility index (Phi) is 5.60. The van der Waals surface area contributed by atoms with Crippen LogP contribution in [0.15, 0.2) is 11.6 Å². The lowest BCUT2D eigenvalue weighted by molar-refractivity contribution is -0.147. The first-order valence-corrected chi connectivity index (χ1v) is 4.67. The summed E-state index contributed by atoms with van der Waals surface area (Å²) in [6, 6.07) is 0. The van der Waals surface area contributed by atoms with Crippen molar-refractivity contribution in [3.05, 3.63) is 11.6 Å². The molecule has 14 heavy (non-hydrogen) atoms. The number of carbonyl (C=O) groups is 2. The van der Waals surface area contributed by atoms with Crippen LogP contribution >= 0.6 is 0 Å². The number of rotatable bonds is 5. The van der Waals surface area contributed by atoms with Gasteiger partial charge in [0.05, 0.1) is 6.10 Å². The first-order chi connectivity index (χ1) is 6.52. The van der Waals surface area contributed by atoms with Crippen molar-refractivity contribution in [1.82, 2.24) is 0 Å². The molecule has 1 unspecified atom stereocenters. The maximum absolute atomic E-state index is 11.3. The zero-order chi connectivity index (χ0) is 11.1. The first-order valence-electron chi connectivity index (χ1n) is 4.67. The van der Waals surface area contributed by atoms with E-state index in [0.29, 0.717) is 12.8 Å². The summed E-state index contributed by atoms with van der Waals surface area (Å²) in [4.78, 5) is 21.9. The molecule has 4 nitrogen and oxygen atoms in total. The summed E-state index contributed by atoms with van der Waals surface area (Å²) in [7, 11) is 0. The van der Waals surface area contributed by atoms with Crippen molar-refractivity contribution in [2.75, 3.05) is 0 Å². The SMILES string of the molecule is CCC=C(C(=O)O)C(=O)OC(C)CC. The number of ether oxygens (including phenoxy) is 1. The molecule has 0 aromatic heterocycles. The van der Waals surface area contributed by atoms with Gasteiger partial charge in [0, 0.05) is 0 Å². The fraction of sp³-hybridized carbons (Fsp3) is 0.600. The highest BCUT2D eigenvalue weighted by Gasteiger charge is 2.19.